The van der Waals surface area contributed by atoms with E-state index in [1.54, 1.807) is 0 Å². The van der Waals surface area contributed by atoms with Crippen LogP contribution in [0.5, 0.6) is 0 Å². The summed E-state index contributed by atoms with van der Waals surface area (Å²) in [5.74, 6) is 0.157. The zero-order valence-electron chi connectivity index (χ0n) is 9.02. The van der Waals surface area contributed by atoms with Gasteiger partial charge in [-0.2, -0.15) is 0 Å². The van der Waals surface area contributed by atoms with Crippen molar-refractivity contribution in [1.29, 1.82) is 0 Å². The average Bonchev–Trinajstić information content (AvgIpc) is 2.17. The molecule has 0 aromatic heterocycles. The molecule has 16 heavy (non-hydrogen) atoms. The van der Waals surface area contributed by atoms with Crippen LogP contribution in [0, 0.1) is 0 Å². The van der Waals surface area contributed by atoms with Gasteiger partial charge in [0, 0.05) is 6.04 Å². The predicted octanol–water partition coefficient (Wildman–Crippen LogP) is 0.966. The standard InChI is InChI=1S/C13H15NO2/c15-10-6-9(7-10)14-13(16)12-5-8-3-1-2-4-11(8)12/h1-4,9-10,12,15H,5-7H2,(H,14,16). The van der Waals surface area contributed by atoms with Crippen molar-refractivity contribution < 1.29 is 9.90 Å². The van der Waals surface area contributed by atoms with Crippen LogP contribution in [0.4, 0.5) is 0 Å². The van der Waals surface area contributed by atoms with Crippen molar-refractivity contribution in [3.63, 3.8) is 0 Å². The number of aliphatic hydroxyl groups is 1. The van der Waals surface area contributed by atoms with Crippen LogP contribution in [0.25, 0.3) is 0 Å². The van der Waals surface area contributed by atoms with Crippen molar-refractivity contribution in [3.8, 4) is 0 Å². The number of fused-ring (bicyclic) bond motifs is 1. The van der Waals surface area contributed by atoms with Gasteiger partial charge >= 0.3 is 0 Å². The third-order valence-corrected chi connectivity index (χ3v) is 3.63. The highest BCUT2D eigenvalue weighted by Crippen LogP contribution is 2.35. The number of amides is 1. The maximum Gasteiger partial charge on any atom is 0.228 e. The van der Waals surface area contributed by atoms with Crippen LogP contribution < -0.4 is 5.32 Å². The van der Waals surface area contributed by atoms with E-state index < -0.39 is 0 Å². The Hall–Kier alpha value is -1.35. The minimum absolute atomic E-state index is 0.0361. The Morgan fingerprint density at radius 2 is 2.06 bits per heavy atom. The van der Waals surface area contributed by atoms with Gasteiger partial charge in [-0.15, -0.1) is 0 Å². The van der Waals surface area contributed by atoms with Crippen LogP contribution in [0.15, 0.2) is 24.3 Å². The van der Waals surface area contributed by atoms with Crippen molar-refractivity contribution in [2.75, 3.05) is 0 Å². The Morgan fingerprint density at radius 3 is 2.75 bits per heavy atom. The minimum Gasteiger partial charge on any atom is -0.393 e. The minimum atomic E-state index is -0.209. The van der Waals surface area contributed by atoms with Gasteiger partial charge in [-0.3, -0.25) is 4.79 Å². The van der Waals surface area contributed by atoms with Gasteiger partial charge in [-0.1, -0.05) is 24.3 Å². The first-order valence-electron chi connectivity index (χ1n) is 5.80. The van der Waals surface area contributed by atoms with Crippen molar-refractivity contribution in [2.45, 2.75) is 37.3 Å². The molecule has 1 amide bonds. The van der Waals surface area contributed by atoms with E-state index in [9.17, 15) is 4.79 Å². The zero-order valence-corrected chi connectivity index (χ0v) is 9.02. The third-order valence-electron chi connectivity index (χ3n) is 3.63. The smallest absolute Gasteiger partial charge is 0.228 e. The van der Waals surface area contributed by atoms with E-state index in [2.05, 4.69) is 11.4 Å². The van der Waals surface area contributed by atoms with Gasteiger partial charge in [-0.05, 0) is 30.4 Å². The Kier molecular flexibility index (Phi) is 2.21. The Labute approximate surface area is 94.5 Å². The maximum atomic E-state index is 11.9. The van der Waals surface area contributed by atoms with Crippen molar-refractivity contribution >= 4 is 5.91 Å². The third kappa shape index (κ3) is 1.52. The van der Waals surface area contributed by atoms with Gasteiger partial charge in [0.25, 0.3) is 0 Å². The van der Waals surface area contributed by atoms with Crippen molar-refractivity contribution in [1.82, 2.24) is 5.32 Å². The van der Waals surface area contributed by atoms with Crippen LogP contribution in [-0.2, 0) is 11.2 Å². The van der Waals surface area contributed by atoms with Crippen LogP contribution in [-0.4, -0.2) is 23.2 Å². The molecule has 84 valence electrons. The zero-order chi connectivity index (χ0) is 11.1. The monoisotopic (exact) mass is 217 g/mol. The summed E-state index contributed by atoms with van der Waals surface area (Å²) >= 11 is 0. The second kappa shape index (κ2) is 3.59. The molecule has 1 fully saturated rings. The van der Waals surface area contributed by atoms with Crippen LogP contribution >= 0.6 is 0 Å². The molecule has 1 atom stereocenters. The topological polar surface area (TPSA) is 49.3 Å². The lowest BCUT2D eigenvalue weighted by Crippen LogP contribution is -2.49. The molecule has 3 rings (SSSR count). The van der Waals surface area contributed by atoms with Crippen LogP contribution in [0.3, 0.4) is 0 Å². The van der Waals surface area contributed by atoms with Crippen LogP contribution in [0.1, 0.15) is 29.9 Å². The summed E-state index contributed by atoms with van der Waals surface area (Å²) in [7, 11) is 0. The van der Waals surface area contributed by atoms with E-state index >= 15 is 0 Å². The lowest BCUT2D eigenvalue weighted by atomic mass is 9.76. The van der Waals surface area contributed by atoms with Gasteiger partial charge in [0.05, 0.1) is 12.0 Å². The van der Waals surface area contributed by atoms with Crippen LogP contribution in [0.2, 0.25) is 0 Å². The fourth-order valence-corrected chi connectivity index (χ4v) is 2.50. The summed E-state index contributed by atoms with van der Waals surface area (Å²) in [6.07, 6.45) is 2.07. The largest absolute Gasteiger partial charge is 0.393 e. The first kappa shape index (κ1) is 9.85. The molecule has 2 aliphatic carbocycles. The molecule has 2 aliphatic rings. The molecule has 0 saturated heterocycles. The molecule has 0 radical (unpaired) electrons. The summed E-state index contributed by atoms with van der Waals surface area (Å²) < 4.78 is 0. The lowest BCUT2D eigenvalue weighted by molar-refractivity contribution is -0.125. The SMILES string of the molecule is O=C(NC1CC(O)C1)C1Cc2ccccc21. The maximum absolute atomic E-state index is 11.9. The molecule has 1 unspecified atom stereocenters. The average molecular weight is 217 g/mol. The number of rotatable bonds is 2. The number of aliphatic hydroxyl groups excluding tert-OH is 1. The first-order valence-corrected chi connectivity index (χ1v) is 5.80. The Balaban J connectivity index is 1.62. The Morgan fingerprint density at radius 1 is 1.31 bits per heavy atom. The normalized spacial score (nSPS) is 30.9. The summed E-state index contributed by atoms with van der Waals surface area (Å²) in [4.78, 5) is 11.9. The molecular formula is C13H15NO2. The summed E-state index contributed by atoms with van der Waals surface area (Å²) in [6, 6.07) is 8.28. The number of nitrogens with one attached hydrogen (secondary N) is 1. The quantitative estimate of drug-likeness (QED) is 0.775. The summed E-state index contributed by atoms with van der Waals surface area (Å²) in [5, 5.41) is 12.1. The summed E-state index contributed by atoms with van der Waals surface area (Å²) in [6.45, 7) is 0. The second-order valence-electron chi connectivity index (χ2n) is 4.79. The van der Waals surface area contributed by atoms with Crippen molar-refractivity contribution in [2.24, 2.45) is 0 Å². The highest BCUT2D eigenvalue weighted by Gasteiger charge is 2.35. The number of hydrogen-bond donors (Lipinski definition) is 2. The number of carbonyl (C=O) groups is 1. The summed E-state index contributed by atoms with van der Waals surface area (Å²) in [5.41, 5.74) is 2.45. The van der Waals surface area contributed by atoms with Gasteiger partial charge in [-0.25, -0.2) is 0 Å². The van der Waals surface area contributed by atoms with Gasteiger partial charge in [0.15, 0.2) is 0 Å². The molecule has 0 aliphatic heterocycles. The fraction of sp³-hybridized carbons (Fsp3) is 0.462. The van der Waals surface area contributed by atoms with Gasteiger partial charge < -0.3 is 10.4 Å². The first-order chi connectivity index (χ1) is 7.74. The molecular weight excluding hydrogens is 202 g/mol. The molecule has 0 heterocycles. The molecule has 1 aromatic carbocycles. The lowest BCUT2D eigenvalue weighted by Gasteiger charge is -2.35. The molecule has 0 spiro atoms. The van der Waals surface area contributed by atoms with Gasteiger partial charge in [0.2, 0.25) is 5.91 Å². The molecule has 2 N–H and O–H groups in total. The molecule has 3 heteroatoms. The molecule has 0 bridgehead atoms. The van der Waals surface area contributed by atoms with E-state index in [0.717, 1.165) is 6.42 Å². The molecule has 1 saturated carbocycles. The predicted molar refractivity (Wildman–Crippen MR) is 60.1 cm³/mol. The van der Waals surface area contributed by atoms with E-state index in [4.69, 9.17) is 5.11 Å². The highest BCUT2D eigenvalue weighted by atomic mass is 16.3. The number of hydrogen-bond acceptors (Lipinski definition) is 2. The van der Waals surface area contributed by atoms with E-state index in [1.807, 2.05) is 18.2 Å². The molecule has 1 aromatic rings. The van der Waals surface area contributed by atoms with Gasteiger partial charge in [0.1, 0.15) is 0 Å². The second-order valence-corrected chi connectivity index (χ2v) is 4.79. The van der Waals surface area contributed by atoms with E-state index in [-0.39, 0.29) is 24.0 Å². The fourth-order valence-electron chi connectivity index (χ4n) is 2.50. The molecule has 3 nitrogen and oxygen atoms in total. The Bertz CT molecular complexity index is 424. The van der Waals surface area contributed by atoms with E-state index in [1.165, 1.54) is 11.1 Å². The van der Waals surface area contributed by atoms with Crippen molar-refractivity contribution in [3.05, 3.63) is 35.4 Å². The number of benzene rings is 1. The highest BCUT2D eigenvalue weighted by molar-refractivity contribution is 5.87. The number of carbonyl (C=O) groups excluding carboxylic acids is 1. The van der Waals surface area contributed by atoms with E-state index in [0.29, 0.717) is 12.8 Å².